The number of rotatable bonds is 5. The Labute approximate surface area is 136 Å². The monoisotopic (exact) mass is 311 g/mol. The third-order valence-corrected chi connectivity index (χ3v) is 3.47. The first kappa shape index (κ1) is 16.7. The van der Waals surface area contributed by atoms with Crippen molar-refractivity contribution in [3.8, 4) is 0 Å². The minimum Gasteiger partial charge on any atom is -0.351 e. The fraction of sp³-hybridized carbons (Fsp3) is 0.278. The highest BCUT2D eigenvalue weighted by Gasteiger charge is 2.13. The van der Waals surface area contributed by atoms with Crippen LogP contribution in [0.5, 0.6) is 0 Å². The Bertz CT molecular complexity index is 706. The molecular formula is C18H21N3O2. The molecule has 0 aliphatic rings. The topological polar surface area (TPSA) is 71.1 Å². The highest BCUT2D eigenvalue weighted by Crippen LogP contribution is 2.20. The quantitative estimate of drug-likeness (QED) is 0.891. The van der Waals surface area contributed by atoms with Gasteiger partial charge in [-0.25, -0.2) is 4.98 Å². The maximum absolute atomic E-state index is 12.4. The minimum absolute atomic E-state index is 0.219. The number of benzene rings is 1. The Morgan fingerprint density at radius 2 is 1.52 bits per heavy atom. The summed E-state index contributed by atoms with van der Waals surface area (Å²) in [6, 6.07) is 10.7. The molecule has 0 radical (unpaired) electrons. The van der Waals surface area contributed by atoms with Gasteiger partial charge in [-0.2, -0.15) is 0 Å². The van der Waals surface area contributed by atoms with E-state index in [0.717, 1.165) is 23.2 Å². The summed E-state index contributed by atoms with van der Waals surface area (Å²) in [5.74, 6) is -0.596. The van der Waals surface area contributed by atoms with Crippen LogP contribution in [-0.2, 0) is 0 Å². The molecule has 2 amide bonds. The van der Waals surface area contributed by atoms with E-state index in [9.17, 15) is 9.59 Å². The maximum Gasteiger partial charge on any atom is 0.274 e. The number of aromatic nitrogens is 1. The van der Waals surface area contributed by atoms with Crippen LogP contribution in [-0.4, -0.2) is 23.3 Å². The molecule has 2 aromatic rings. The molecule has 5 heteroatoms. The second kappa shape index (κ2) is 7.54. The second-order valence-corrected chi connectivity index (χ2v) is 5.38. The minimum atomic E-state index is -0.326. The summed E-state index contributed by atoms with van der Waals surface area (Å²) in [5, 5.41) is 5.62. The molecule has 120 valence electrons. The van der Waals surface area contributed by atoms with E-state index >= 15 is 0 Å². The molecule has 0 aliphatic heterocycles. The van der Waals surface area contributed by atoms with Crippen molar-refractivity contribution in [2.24, 2.45) is 0 Å². The Morgan fingerprint density at radius 3 is 2.13 bits per heavy atom. The van der Waals surface area contributed by atoms with E-state index in [2.05, 4.69) is 15.6 Å². The standard InChI is InChI=1S/C18H21N3O2/c1-4-11-19-17(22)14-9-6-10-15(20-14)18(23)21-16-12(2)7-5-8-13(16)3/h5-10H,4,11H2,1-3H3,(H,19,22)(H,21,23). The third-order valence-electron chi connectivity index (χ3n) is 3.47. The van der Waals surface area contributed by atoms with Crippen LogP contribution in [0.25, 0.3) is 0 Å². The molecule has 2 rings (SSSR count). The zero-order valence-corrected chi connectivity index (χ0v) is 13.6. The Morgan fingerprint density at radius 1 is 0.957 bits per heavy atom. The summed E-state index contributed by atoms with van der Waals surface area (Å²) in [5.41, 5.74) is 3.20. The molecule has 0 aliphatic carbocycles. The number of carbonyl (C=O) groups excluding carboxylic acids is 2. The van der Waals surface area contributed by atoms with Gasteiger partial charge in [-0.05, 0) is 43.5 Å². The van der Waals surface area contributed by atoms with Crippen LogP contribution in [0.4, 0.5) is 5.69 Å². The van der Waals surface area contributed by atoms with Crippen LogP contribution in [0.3, 0.4) is 0 Å². The van der Waals surface area contributed by atoms with Crippen LogP contribution < -0.4 is 10.6 Å². The molecule has 2 N–H and O–H groups in total. The molecule has 0 atom stereocenters. The molecule has 0 fully saturated rings. The van der Waals surface area contributed by atoms with E-state index in [1.165, 1.54) is 0 Å². The number of carbonyl (C=O) groups is 2. The predicted octanol–water partition coefficient (Wildman–Crippen LogP) is 3.09. The van der Waals surface area contributed by atoms with E-state index < -0.39 is 0 Å². The highest BCUT2D eigenvalue weighted by molar-refractivity contribution is 6.04. The normalized spacial score (nSPS) is 10.2. The molecule has 5 nitrogen and oxygen atoms in total. The predicted molar refractivity (Wildman–Crippen MR) is 90.7 cm³/mol. The molecule has 1 heterocycles. The molecule has 0 bridgehead atoms. The van der Waals surface area contributed by atoms with Gasteiger partial charge in [0.15, 0.2) is 0 Å². The Hall–Kier alpha value is -2.69. The molecule has 0 spiro atoms. The summed E-state index contributed by atoms with van der Waals surface area (Å²) in [6.07, 6.45) is 0.846. The highest BCUT2D eigenvalue weighted by atomic mass is 16.2. The van der Waals surface area contributed by atoms with Gasteiger partial charge < -0.3 is 10.6 Å². The number of hydrogen-bond donors (Lipinski definition) is 2. The van der Waals surface area contributed by atoms with Crippen molar-refractivity contribution < 1.29 is 9.59 Å². The summed E-state index contributed by atoms with van der Waals surface area (Å²) >= 11 is 0. The molecule has 0 saturated carbocycles. The number of nitrogens with one attached hydrogen (secondary N) is 2. The maximum atomic E-state index is 12.4. The van der Waals surface area contributed by atoms with Crippen molar-refractivity contribution in [1.29, 1.82) is 0 Å². The van der Waals surface area contributed by atoms with Crippen LogP contribution >= 0.6 is 0 Å². The SMILES string of the molecule is CCCNC(=O)c1cccc(C(=O)Nc2c(C)cccc2C)n1. The molecular weight excluding hydrogens is 290 g/mol. The van der Waals surface area contributed by atoms with Crippen LogP contribution in [0.2, 0.25) is 0 Å². The van der Waals surface area contributed by atoms with Gasteiger partial charge >= 0.3 is 0 Å². The van der Waals surface area contributed by atoms with Gasteiger partial charge in [-0.1, -0.05) is 31.2 Å². The summed E-state index contributed by atoms with van der Waals surface area (Å²) < 4.78 is 0. The third kappa shape index (κ3) is 4.16. The zero-order valence-electron chi connectivity index (χ0n) is 13.6. The van der Waals surface area contributed by atoms with Crippen LogP contribution in [0.15, 0.2) is 36.4 Å². The number of hydrogen-bond acceptors (Lipinski definition) is 3. The van der Waals surface area contributed by atoms with Gasteiger partial charge in [0, 0.05) is 12.2 Å². The lowest BCUT2D eigenvalue weighted by Crippen LogP contribution is -2.26. The van der Waals surface area contributed by atoms with Gasteiger partial charge in [0.2, 0.25) is 0 Å². The number of aryl methyl sites for hydroxylation is 2. The zero-order chi connectivity index (χ0) is 16.8. The van der Waals surface area contributed by atoms with Gasteiger partial charge in [0.1, 0.15) is 11.4 Å². The lowest BCUT2D eigenvalue weighted by Gasteiger charge is -2.11. The van der Waals surface area contributed by atoms with Crippen molar-refractivity contribution in [1.82, 2.24) is 10.3 Å². The summed E-state index contributed by atoms with van der Waals surface area (Å²) in [4.78, 5) is 28.5. The molecule has 1 aromatic carbocycles. The van der Waals surface area contributed by atoms with Crippen molar-refractivity contribution in [2.45, 2.75) is 27.2 Å². The number of anilines is 1. The fourth-order valence-corrected chi connectivity index (χ4v) is 2.21. The largest absolute Gasteiger partial charge is 0.351 e. The summed E-state index contributed by atoms with van der Waals surface area (Å²) in [7, 11) is 0. The summed E-state index contributed by atoms with van der Waals surface area (Å²) in [6.45, 7) is 6.43. The van der Waals surface area contributed by atoms with Crippen molar-refractivity contribution >= 4 is 17.5 Å². The Balaban J connectivity index is 2.18. The number of nitrogens with zero attached hydrogens (tertiary/aromatic N) is 1. The number of para-hydroxylation sites is 1. The van der Waals surface area contributed by atoms with Gasteiger partial charge in [0.05, 0.1) is 0 Å². The molecule has 0 unspecified atom stereocenters. The van der Waals surface area contributed by atoms with E-state index in [1.54, 1.807) is 18.2 Å². The van der Waals surface area contributed by atoms with Crippen LogP contribution in [0.1, 0.15) is 45.4 Å². The molecule has 0 saturated heterocycles. The molecule has 1 aromatic heterocycles. The average Bonchev–Trinajstić information content (AvgIpc) is 2.56. The lowest BCUT2D eigenvalue weighted by molar-refractivity contribution is 0.0948. The first-order valence-electron chi connectivity index (χ1n) is 7.65. The van der Waals surface area contributed by atoms with Crippen molar-refractivity contribution in [2.75, 3.05) is 11.9 Å². The van der Waals surface area contributed by atoms with E-state index in [0.29, 0.717) is 6.54 Å². The average molecular weight is 311 g/mol. The van der Waals surface area contributed by atoms with E-state index in [-0.39, 0.29) is 23.2 Å². The smallest absolute Gasteiger partial charge is 0.274 e. The van der Waals surface area contributed by atoms with Crippen molar-refractivity contribution in [3.63, 3.8) is 0 Å². The number of pyridine rings is 1. The van der Waals surface area contributed by atoms with Gasteiger partial charge in [0.25, 0.3) is 11.8 Å². The van der Waals surface area contributed by atoms with E-state index in [1.807, 2.05) is 39.0 Å². The second-order valence-electron chi connectivity index (χ2n) is 5.38. The first-order valence-corrected chi connectivity index (χ1v) is 7.65. The number of amides is 2. The lowest BCUT2D eigenvalue weighted by atomic mass is 10.1. The molecule has 23 heavy (non-hydrogen) atoms. The first-order chi connectivity index (χ1) is 11.0. The van der Waals surface area contributed by atoms with Gasteiger partial charge in [-0.3, -0.25) is 9.59 Å². The Kier molecular flexibility index (Phi) is 5.46. The van der Waals surface area contributed by atoms with E-state index in [4.69, 9.17) is 0 Å². The fourth-order valence-electron chi connectivity index (χ4n) is 2.21. The van der Waals surface area contributed by atoms with Gasteiger partial charge in [-0.15, -0.1) is 0 Å². The van der Waals surface area contributed by atoms with Crippen molar-refractivity contribution in [3.05, 3.63) is 58.9 Å². The van der Waals surface area contributed by atoms with Crippen LogP contribution in [0, 0.1) is 13.8 Å².